The maximum atomic E-state index is 14.7. The van der Waals surface area contributed by atoms with Gasteiger partial charge in [0.2, 0.25) is 5.78 Å². The number of Topliss-reactive ketones (excluding diaryl/α,β-unsaturated/α-hetero) is 1. The van der Waals surface area contributed by atoms with E-state index in [1.165, 1.54) is 0 Å². The monoisotopic (exact) mass is 754 g/mol. The van der Waals surface area contributed by atoms with Crippen molar-refractivity contribution in [2.24, 2.45) is 5.16 Å². The average molecular weight is 755 g/mol. The van der Waals surface area contributed by atoms with Crippen LogP contribution < -0.4 is 10.6 Å². The average Bonchev–Trinajstić information content (AvgIpc) is 3.52. The Balaban J connectivity index is 1.29. The summed E-state index contributed by atoms with van der Waals surface area (Å²) in [5.74, 6) is 0.125. The zero-order chi connectivity index (χ0) is 37.0. The summed E-state index contributed by atoms with van der Waals surface area (Å²) in [7, 11) is -3.72. The normalized spacial score (nSPS) is 11.9. The van der Waals surface area contributed by atoms with Crippen LogP contribution >= 0.6 is 30.7 Å². The highest BCUT2D eigenvalue weighted by molar-refractivity contribution is 7.99. The van der Waals surface area contributed by atoms with Gasteiger partial charge in [0, 0.05) is 67.1 Å². The van der Waals surface area contributed by atoms with Crippen LogP contribution in [0.5, 0.6) is 0 Å². The molecule has 0 saturated heterocycles. The second kappa shape index (κ2) is 15.8. The Kier molecular flexibility index (Phi) is 10.8. The van der Waals surface area contributed by atoms with Crippen molar-refractivity contribution in [3.05, 3.63) is 173 Å². The van der Waals surface area contributed by atoms with Crippen LogP contribution in [0.1, 0.15) is 45.2 Å². The highest BCUT2D eigenvalue weighted by Gasteiger charge is 2.31. The van der Waals surface area contributed by atoms with Gasteiger partial charge in [-0.05, 0) is 104 Å². The van der Waals surface area contributed by atoms with Gasteiger partial charge in [-0.15, -0.1) is 11.8 Å². The number of carbonyl (C=O) groups excluding carboxylic acids is 2. The van der Waals surface area contributed by atoms with Gasteiger partial charge in [-0.25, -0.2) is 0 Å². The van der Waals surface area contributed by atoms with E-state index in [-0.39, 0.29) is 23.7 Å². The van der Waals surface area contributed by atoms with Crippen LogP contribution in [0.4, 0.5) is 0 Å². The summed E-state index contributed by atoms with van der Waals surface area (Å²) in [5.41, 5.74) is 4.62. The summed E-state index contributed by atoms with van der Waals surface area (Å²) < 4.78 is 22.9. The summed E-state index contributed by atoms with van der Waals surface area (Å²) in [6, 6.07) is 44.3. The maximum Gasteiger partial charge on any atom is 0.330 e. The molecule has 0 radical (unpaired) electrons. The first-order valence-electron chi connectivity index (χ1n) is 17.3. The summed E-state index contributed by atoms with van der Waals surface area (Å²) in [6.45, 7) is 4.71. The Morgan fingerprint density at radius 1 is 0.736 bits per heavy atom. The molecule has 7 aromatic rings. The number of aromatic nitrogens is 1. The lowest BCUT2D eigenvalue weighted by molar-refractivity contribution is 0.103. The van der Waals surface area contributed by atoms with Gasteiger partial charge < -0.3 is 9.19 Å². The standard InChI is InChI=1S/C44H36ClN2O4PS/c1-3-47-41-24-18-31(43(48)37-17-11-10-12-30(37)2)28-38(41)39-29-32(19-25-42(39)47)44(49)40(26-27-53-36-22-20-33(45)21-23-36)46-51-52(50,34-13-6-4-7-14-34)35-15-8-5-9-16-35/h4-25,28-29H,3,26-27H2,1-2H3. The van der Waals surface area contributed by atoms with E-state index in [1.54, 1.807) is 66.4 Å². The van der Waals surface area contributed by atoms with Crippen LogP contribution in [0, 0.1) is 6.92 Å². The van der Waals surface area contributed by atoms with E-state index in [4.69, 9.17) is 16.2 Å². The third-order valence-electron chi connectivity index (χ3n) is 9.24. The summed E-state index contributed by atoms with van der Waals surface area (Å²) in [6.07, 6.45) is 0.250. The van der Waals surface area contributed by atoms with E-state index in [0.717, 1.165) is 32.3 Å². The quantitative estimate of drug-likeness (QED) is 0.0385. The molecule has 0 atom stereocenters. The molecule has 264 valence electrons. The minimum Gasteiger partial charge on any atom is -0.341 e. The molecule has 0 N–H and O–H groups in total. The van der Waals surface area contributed by atoms with E-state index in [0.29, 0.717) is 44.6 Å². The third-order valence-corrected chi connectivity index (χ3v) is 12.8. The number of hydrogen-bond donors (Lipinski definition) is 0. The van der Waals surface area contributed by atoms with Crippen molar-refractivity contribution in [2.45, 2.75) is 31.7 Å². The second-order valence-corrected chi connectivity index (χ2v) is 16.5. The number of oxime groups is 1. The molecule has 53 heavy (non-hydrogen) atoms. The zero-order valence-electron chi connectivity index (χ0n) is 29.2. The lowest BCUT2D eigenvalue weighted by Gasteiger charge is -2.17. The molecule has 0 fully saturated rings. The topological polar surface area (TPSA) is 77.7 Å². The molecule has 1 aromatic heterocycles. The number of nitrogens with zero attached hydrogens (tertiary/aromatic N) is 2. The smallest absolute Gasteiger partial charge is 0.330 e. The number of hydrogen-bond acceptors (Lipinski definition) is 6. The first-order valence-corrected chi connectivity index (χ1v) is 20.3. The van der Waals surface area contributed by atoms with Crippen LogP contribution in [-0.2, 0) is 15.7 Å². The minimum atomic E-state index is -3.72. The van der Waals surface area contributed by atoms with E-state index < -0.39 is 7.37 Å². The molecule has 0 unspecified atom stereocenters. The number of aryl methyl sites for hydroxylation is 2. The molecule has 6 aromatic carbocycles. The second-order valence-electron chi connectivity index (χ2n) is 12.6. The van der Waals surface area contributed by atoms with Crippen LogP contribution in [0.15, 0.2) is 156 Å². The number of halogens is 1. The first-order chi connectivity index (χ1) is 25.8. The number of thioether (sulfide) groups is 1. The number of carbonyl (C=O) groups is 2. The first kappa shape index (κ1) is 36.2. The van der Waals surface area contributed by atoms with Crippen molar-refractivity contribution < 1.29 is 18.8 Å². The Hall–Kier alpha value is -5.20. The fourth-order valence-electron chi connectivity index (χ4n) is 6.47. The maximum absolute atomic E-state index is 14.7. The van der Waals surface area contributed by atoms with Crippen molar-refractivity contribution in [2.75, 3.05) is 5.75 Å². The van der Waals surface area contributed by atoms with Gasteiger partial charge >= 0.3 is 7.37 Å². The van der Waals surface area contributed by atoms with Crippen LogP contribution in [0.25, 0.3) is 21.8 Å². The molecule has 9 heteroatoms. The van der Waals surface area contributed by atoms with Gasteiger partial charge in [0.25, 0.3) is 0 Å². The van der Waals surface area contributed by atoms with E-state index in [2.05, 4.69) is 16.6 Å². The van der Waals surface area contributed by atoms with E-state index >= 15 is 0 Å². The van der Waals surface area contributed by atoms with Crippen LogP contribution in [0.3, 0.4) is 0 Å². The molecule has 0 spiro atoms. The fraction of sp³-hybridized carbons (Fsp3) is 0.114. The zero-order valence-corrected chi connectivity index (χ0v) is 31.7. The van der Waals surface area contributed by atoms with Gasteiger partial charge in [-0.1, -0.05) is 77.4 Å². The molecule has 0 aliphatic rings. The van der Waals surface area contributed by atoms with Crippen molar-refractivity contribution in [1.29, 1.82) is 0 Å². The molecule has 6 nitrogen and oxygen atoms in total. The largest absolute Gasteiger partial charge is 0.341 e. The van der Waals surface area contributed by atoms with Crippen molar-refractivity contribution in [3.63, 3.8) is 0 Å². The number of rotatable bonds is 13. The number of benzene rings is 6. The number of ketones is 2. The Bertz CT molecular complexity index is 2490. The van der Waals surface area contributed by atoms with Gasteiger partial charge in [0.05, 0.1) is 10.6 Å². The predicted molar refractivity (Wildman–Crippen MR) is 219 cm³/mol. The molecule has 0 saturated carbocycles. The lowest BCUT2D eigenvalue weighted by Crippen LogP contribution is -2.20. The van der Waals surface area contributed by atoms with Gasteiger partial charge in [-0.2, -0.15) is 0 Å². The minimum absolute atomic E-state index is 0.0550. The molecular formula is C44H36ClN2O4PS. The van der Waals surface area contributed by atoms with Crippen LogP contribution in [0.2, 0.25) is 5.02 Å². The Morgan fingerprint density at radius 3 is 1.91 bits per heavy atom. The van der Waals surface area contributed by atoms with Gasteiger partial charge in [0.1, 0.15) is 5.71 Å². The summed E-state index contributed by atoms with van der Waals surface area (Å²) >= 11 is 7.66. The molecule has 1 heterocycles. The molecule has 0 aliphatic carbocycles. The summed E-state index contributed by atoms with van der Waals surface area (Å²) in [4.78, 5) is 29.1. The third kappa shape index (κ3) is 7.51. The molecule has 0 aliphatic heterocycles. The predicted octanol–water partition coefficient (Wildman–Crippen LogP) is 10.7. The molecule has 0 bridgehead atoms. The highest BCUT2D eigenvalue weighted by atomic mass is 35.5. The van der Waals surface area contributed by atoms with Crippen molar-refractivity contribution >= 4 is 80.4 Å². The van der Waals surface area contributed by atoms with Gasteiger partial charge in [0.15, 0.2) is 5.78 Å². The SMILES string of the molecule is CCn1c2ccc(C(=O)C(CCSc3ccc(Cl)cc3)=NOP(=O)(c3ccccc3)c3ccccc3)cc2c2cc(C(=O)c3ccccc3C)ccc21. The Labute approximate surface area is 317 Å². The number of fused-ring (bicyclic) bond motifs is 3. The fourth-order valence-corrected chi connectivity index (χ4v) is 9.29. The van der Waals surface area contributed by atoms with Gasteiger partial charge in [-0.3, -0.25) is 14.2 Å². The molecule has 7 rings (SSSR count). The van der Waals surface area contributed by atoms with Crippen molar-refractivity contribution in [3.8, 4) is 0 Å². The Morgan fingerprint density at radius 2 is 1.30 bits per heavy atom. The molecule has 0 amide bonds. The van der Waals surface area contributed by atoms with Crippen molar-refractivity contribution in [1.82, 2.24) is 4.57 Å². The summed E-state index contributed by atoms with van der Waals surface area (Å²) in [5, 5.41) is 7.75. The van der Waals surface area contributed by atoms with E-state index in [9.17, 15) is 14.2 Å². The van der Waals surface area contributed by atoms with Crippen LogP contribution in [-0.4, -0.2) is 27.6 Å². The van der Waals surface area contributed by atoms with E-state index in [1.807, 2.05) is 97.9 Å². The molecular weight excluding hydrogens is 719 g/mol. The lowest BCUT2D eigenvalue weighted by atomic mass is 9.97. The highest BCUT2D eigenvalue weighted by Crippen LogP contribution is 2.45.